The van der Waals surface area contributed by atoms with Gasteiger partial charge in [-0.25, -0.2) is 0 Å². The third-order valence-electron chi connectivity index (χ3n) is 2.53. The normalized spacial score (nSPS) is 10.6. The molecule has 15 heavy (non-hydrogen) atoms. The van der Waals surface area contributed by atoms with E-state index >= 15 is 0 Å². The minimum absolute atomic E-state index is 0. The molecule has 0 aliphatic rings. The Hall–Kier alpha value is -1.13. The Balaban J connectivity index is 0.00000196. The summed E-state index contributed by atoms with van der Waals surface area (Å²) in [5, 5.41) is 10.6. The molecular formula is C10H15ClN2O2. The van der Waals surface area contributed by atoms with E-state index in [4.69, 9.17) is 0 Å². The molecule has 0 unspecified atom stereocenters. The van der Waals surface area contributed by atoms with Crippen LogP contribution in [0, 0.1) is 10.1 Å². The molecule has 0 aliphatic carbocycles. The maximum Gasteiger partial charge on any atom is 0.275 e. The van der Waals surface area contributed by atoms with Crippen molar-refractivity contribution in [2.45, 2.75) is 6.92 Å². The Bertz CT molecular complexity index is 353. The van der Waals surface area contributed by atoms with E-state index in [1.54, 1.807) is 12.1 Å². The Morgan fingerprint density at radius 2 is 2.00 bits per heavy atom. The lowest BCUT2D eigenvalue weighted by Crippen LogP contribution is -3.00. The van der Waals surface area contributed by atoms with Crippen LogP contribution in [0.1, 0.15) is 6.92 Å². The first-order valence-corrected chi connectivity index (χ1v) is 4.55. The van der Waals surface area contributed by atoms with Gasteiger partial charge in [-0.3, -0.25) is 14.6 Å². The van der Waals surface area contributed by atoms with Gasteiger partial charge in [0.05, 0.1) is 31.6 Å². The molecule has 0 spiro atoms. The van der Waals surface area contributed by atoms with Crippen molar-refractivity contribution in [3.63, 3.8) is 0 Å². The third kappa shape index (κ3) is 3.18. The van der Waals surface area contributed by atoms with Gasteiger partial charge in [-0.2, -0.15) is 0 Å². The lowest BCUT2D eigenvalue weighted by atomic mass is 10.2. The molecule has 0 aromatic heterocycles. The molecular weight excluding hydrogens is 216 g/mol. The van der Waals surface area contributed by atoms with Gasteiger partial charge in [-0.1, -0.05) is 0 Å². The summed E-state index contributed by atoms with van der Waals surface area (Å²) in [5.74, 6) is 0. The largest absolute Gasteiger partial charge is 1.00 e. The average molecular weight is 231 g/mol. The lowest BCUT2D eigenvalue weighted by molar-refractivity contribution is -0.384. The number of rotatable bonds is 3. The minimum Gasteiger partial charge on any atom is -1.00 e. The number of nitro groups is 1. The quantitative estimate of drug-likeness (QED) is 0.387. The summed E-state index contributed by atoms with van der Waals surface area (Å²) in [4.78, 5) is 10.2. The second-order valence-corrected chi connectivity index (χ2v) is 3.78. The highest BCUT2D eigenvalue weighted by atomic mass is 35.5. The lowest BCUT2D eigenvalue weighted by Gasteiger charge is -2.27. The number of halogens is 1. The highest BCUT2D eigenvalue weighted by Gasteiger charge is 2.18. The van der Waals surface area contributed by atoms with E-state index < -0.39 is 0 Å². The summed E-state index contributed by atoms with van der Waals surface area (Å²) in [5.41, 5.74) is 1.11. The maximum atomic E-state index is 10.6. The van der Waals surface area contributed by atoms with E-state index in [1.807, 2.05) is 20.2 Å². The minimum atomic E-state index is -0.362. The van der Waals surface area contributed by atoms with Crippen LogP contribution in [0.25, 0.3) is 0 Å². The van der Waals surface area contributed by atoms with Crippen LogP contribution >= 0.6 is 0 Å². The zero-order valence-electron chi connectivity index (χ0n) is 9.11. The molecule has 0 heterocycles. The zero-order valence-corrected chi connectivity index (χ0v) is 9.86. The predicted molar refractivity (Wildman–Crippen MR) is 57.3 cm³/mol. The number of hydrogen-bond acceptors (Lipinski definition) is 2. The molecule has 0 bridgehead atoms. The van der Waals surface area contributed by atoms with Crippen molar-refractivity contribution in [1.29, 1.82) is 0 Å². The van der Waals surface area contributed by atoms with E-state index in [1.165, 1.54) is 6.07 Å². The van der Waals surface area contributed by atoms with Crippen molar-refractivity contribution >= 4 is 11.4 Å². The number of nitrogens with zero attached hydrogens (tertiary/aromatic N) is 2. The predicted octanol–water partition coefficient (Wildman–Crippen LogP) is -0.814. The number of nitro benzene ring substituents is 1. The SMILES string of the molecule is CC[N+](C)(C)c1cccc([N+](=O)[O-])c1.[Cl-]. The van der Waals surface area contributed by atoms with Gasteiger partial charge in [0, 0.05) is 6.07 Å². The molecule has 0 atom stereocenters. The first kappa shape index (κ1) is 13.9. The summed E-state index contributed by atoms with van der Waals surface area (Å²) in [7, 11) is 4.05. The smallest absolute Gasteiger partial charge is 0.275 e. The van der Waals surface area contributed by atoms with Gasteiger partial charge in [-0.05, 0) is 19.1 Å². The van der Waals surface area contributed by atoms with E-state index in [0.29, 0.717) is 4.48 Å². The fraction of sp³-hybridized carbons (Fsp3) is 0.400. The molecule has 1 aromatic carbocycles. The van der Waals surface area contributed by atoms with Crippen LogP contribution < -0.4 is 16.9 Å². The molecule has 1 rings (SSSR count). The molecule has 0 aliphatic heterocycles. The van der Waals surface area contributed by atoms with Gasteiger partial charge in [0.1, 0.15) is 5.69 Å². The monoisotopic (exact) mass is 230 g/mol. The van der Waals surface area contributed by atoms with Crippen LogP contribution in [0.5, 0.6) is 0 Å². The molecule has 0 amide bonds. The molecule has 0 fully saturated rings. The topological polar surface area (TPSA) is 43.1 Å². The van der Waals surface area contributed by atoms with Crippen molar-refractivity contribution in [3.05, 3.63) is 34.4 Å². The molecule has 0 radical (unpaired) electrons. The molecule has 0 saturated heterocycles. The Kier molecular flexibility index (Phi) is 4.71. The fourth-order valence-electron chi connectivity index (χ4n) is 1.17. The van der Waals surface area contributed by atoms with Gasteiger partial charge in [-0.15, -0.1) is 0 Å². The number of non-ortho nitro benzene ring substituents is 1. The molecule has 84 valence electrons. The second-order valence-electron chi connectivity index (χ2n) is 3.78. The van der Waals surface area contributed by atoms with Crippen LogP contribution in [0.3, 0.4) is 0 Å². The van der Waals surface area contributed by atoms with Crippen LogP contribution in [0.2, 0.25) is 0 Å². The van der Waals surface area contributed by atoms with Crippen LogP contribution in [-0.2, 0) is 0 Å². The van der Waals surface area contributed by atoms with E-state index in [2.05, 4.69) is 6.92 Å². The summed E-state index contributed by atoms with van der Waals surface area (Å²) in [6.07, 6.45) is 0. The van der Waals surface area contributed by atoms with Gasteiger partial charge in [0.15, 0.2) is 0 Å². The van der Waals surface area contributed by atoms with Crippen LogP contribution in [-0.4, -0.2) is 25.6 Å². The molecule has 1 aromatic rings. The fourth-order valence-corrected chi connectivity index (χ4v) is 1.17. The molecule has 0 N–H and O–H groups in total. The van der Waals surface area contributed by atoms with Gasteiger partial charge >= 0.3 is 0 Å². The van der Waals surface area contributed by atoms with E-state index in [0.717, 1.165) is 12.2 Å². The maximum absolute atomic E-state index is 10.6. The number of benzene rings is 1. The van der Waals surface area contributed by atoms with Crippen molar-refractivity contribution in [1.82, 2.24) is 4.48 Å². The van der Waals surface area contributed by atoms with Crippen molar-refractivity contribution in [2.24, 2.45) is 0 Å². The zero-order chi connectivity index (χ0) is 10.8. The average Bonchev–Trinajstić information content (AvgIpc) is 2.18. The third-order valence-corrected chi connectivity index (χ3v) is 2.53. The highest BCUT2D eigenvalue weighted by Crippen LogP contribution is 2.23. The van der Waals surface area contributed by atoms with Crippen molar-refractivity contribution < 1.29 is 17.3 Å². The summed E-state index contributed by atoms with van der Waals surface area (Å²) in [6.45, 7) is 2.96. The Morgan fingerprint density at radius 3 is 2.47 bits per heavy atom. The second kappa shape index (κ2) is 5.09. The Labute approximate surface area is 95.7 Å². The van der Waals surface area contributed by atoms with Crippen molar-refractivity contribution in [3.8, 4) is 0 Å². The van der Waals surface area contributed by atoms with Gasteiger partial charge in [0.25, 0.3) is 5.69 Å². The first-order valence-electron chi connectivity index (χ1n) is 4.55. The summed E-state index contributed by atoms with van der Waals surface area (Å²) in [6, 6.07) is 6.78. The molecule has 4 nitrogen and oxygen atoms in total. The van der Waals surface area contributed by atoms with Gasteiger partial charge < -0.3 is 12.4 Å². The van der Waals surface area contributed by atoms with Crippen LogP contribution in [0.4, 0.5) is 11.4 Å². The van der Waals surface area contributed by atoms with E-state index in [9.17, 15) is 10.1 Å². The highest BCUT2D eigenvalue weighted by molar-refractivity contribution is 5.49. The van der Waals surface area contributed by atoms with Crippen LogP contribution in [0.15, 0.2) is 24.3 Å². The summed E-state index contributed by atoms with van der Waals surface area (Å²) < 4.78 is 0.654. The summed E-state index contributed by atoms with van der Waals surface area (Å²) >= 11 is 0. The van der Waals surface area contributed by atoms with Gasteiger partial charge in [0.2, 0.25) is 0 Å². The number of hydrogen-bond donors (Lipinski definition) is 0. The van der Waals surface area contributed by atoms with Crippen molar-refractivity contribution in [2.75, 3.05) is 20.6 Å². The molecule has 5 heteroatoms. The van der Waals surface area contributed by atoms with E-state index in [-0.39, 0.29) is 23.0 Å². The Morgan fingerprint density at radius 1 is 1.40 bits per heavy atom. The molecule has 0 saturated carbocycles. The standard InChI is InChI=1S/C10H15N2O2.ClH/c1-4-12(2,3)10-7-5-6-9(8-10)11(13)14;/h5-8H,4H2,1-3H3;1H/q+1;/p-1. The first-order chi connectivity index (χ1) is 6.47. The number of quaternary nitrogens is 1.